The van der Waals surface area contributed by atoms with Gasteiger partial charge in [0.2, 0.25) is 0 Å². The summed E-state index contributed by atoms with van der Waals surface area (Å²) in [5, 5.41) is 0. The second-order valence-corrected chi connectivity index (χ2v) is 3.67. The lowest BCUT2D eigenvalue weighted by atomic mass is 9.96. The van der Waals surface area contributed by atoms with Crippen LogP contribution in [0.2, 0.25) is 0 Å². The van der Waals surface area contributed by atoms with Crippen LogP contribution in [-0.4, -0.2) is 9.97 Å². The predicted molar refractivity (Wildman–Crippen MR) is 55.9 cm³/mol. The highest BCUT2D eigenvalue weighted by Crippen LogP contribution is 2.23. The Balaban J connectivity index is 2.56. The number of nitrogens with zero attached hydrogens (tertiary/aromatic N) is 1. The Morgan fingerprint density at radius 3 is 2.69 bits per heavy atom. The molecule has 0 aliphatic carbocycles. The van der Waals surface area contributed by atoms with Crippen molar-refractivity contribution < 1.29 is 0 Å². The van der Waals surface area contributed by atoms with E-state index >= 15 is 0 Å². The average molecular weight is 180 g/mol. The molecule has 74 valence electrons. The van der Waals surface area contributed by atoms with Crippen molar-refractivity contribution in [3.05, 3.63) is 17.7 Å². The summed E-state index contributed by atoms with van der Waals surface area (Å²) in [6.07, 6.45) is 7.08. The van der Waals surface area contributed by atoms with Gasteiger partial charge in [-0.15, -0.1) is 0 Å². The van der Waals surface area contributed by atoms with E-state index in [0.717, 1.165) is 5.82 Å². The number of H-pyrrole nitrogens is 1. The van der Waals surface area contributed by atoms with Gasteiger partial charge in [0.15, 0.2) is 0 Å². The first-order valence-electron chi connectivity index (χ1n) is 5.29. The van der Waals surface area contributed by atoms with Gasteiger partial charge in [0.1, 0.15) is 5.82 Å². The van der Waals surface area contributed by atoms with E-state index in [0.29, 0.717) is 5.92 Å². The van der Waals surface area contributed by atoms with Gasteiger partial charge in [-0.1, -0.05) is 26.7 Å². The molecule has 0 aromatic carbocycles. The number of unbranched alkanes of at least 4 members (excludes halogenated alkanes) is 1. The molecule has 0 saturated heterocycles. The summed E-state index contributed by atoms with van der Waals surface area (Å²) < 4.78 is 0. The minimum atomic E-state index is 0.682. The fourth-order valence-electron chi connectivity index (χ4n) is 1.68. The van der Waals surface area contributed by atoms with Gasteiger partial charge in [0, 0.05) is 17.8 Å². The highest BCUT2D eigenvalue weighted by molar-refractivity contribution is 5.06. The van der Waals surface area contributed by atoms with Gasteiger partial charge in [0.05, 0.1) is 0 Å². The lowest BCUT2D eigenvalue weighted by Gasteiger charge is -2.11. The van der Waals surface area contributed by atoms with E-state index < -0.39 is 0 Å². The lowest BCUT2D eigenvalue weighted by Crippen LogP contribution is -1.97. The Morgan fingerprint density at radius 1 is 1.46 bits per heavy atom. The van der Waals surface area contributed by atoms with Crippen molar-refractivity contribution in [1.29, 1.82) is 0 Å². The van der Waals surface area contributed by atoms with Crippen LogP contribution in [0.3, 0.4) is 0 Å². The first kappa shape index (κ1) is 10.3. The monoisotopic (exact) mass is 180 g/mol. The van der Waals surface area contributed by atoms with Crippen molar-refractivity contribution in [2.45, 2.75) is 52.4 Å². The summed E-state index contributed by atoms with van der Waals surface area (Å²) in [6, 6.07) is 0. The first-order chi connectivity index (χ1) is 6.27. The molecular weight excluding hydrogens is 160 g/mol. The van der Waals surface area contributed by atoms with E-state index in [1.165, 1.54) is 31.4 Å². The molecule has 1 N–H and O–H groups in total. The third kappa shape index (κ3) is 2.87. The molecule has 1 rings (SSSR count). The quantitative estimate of drug-likeness (QED) is 0.739. The molecule has 1 heterocycles. The standard InChI is InChI=1S/C11H20N2/c1-4-6-7-10(5-2)11-8-12-9(3)13-11/h8,10H,4-7H2,1-3H3,(H,12,13). The highest BCUT2D eigenvalue weighted by Gasteiger charge is 2.10. The third-order valence-electron chi connectivity index (χ3n) is 2.56. The molecule has 1 unspecified atom stereocenters. The lowest BCUT2D eigenvalue weighted by molar-refractivity contribution is 0.559. The summed E-state index contributed by atoms with van der Waals surface area (Å²) in [7, 11) is 0. The van der Waals surface area contributed by atoms with E-state index in [2.05, 4.69) is 23.8 Å². The van der Waals surface area contributed by atoms with Gasteiger partial charge < -0.3 is 4.98 Å². The summed E-state index contributed by atoms with van der Waals surface area (Å²) in [6.45, 7) is 6.50. The van der Waals surface area contributed by atoms with Crippen molar-refractivity contribution in [3.8, 4) is 0 Å². The minimum absolute atomic E-state index is 0.682. The maximum absolute atomic E-state index is 4.24. The van der Waals surface area contributed by atoms with E-state index in [-0.39, 0.29) is 0 Å². The average Bonchev–Trinajstić information content (AvgIpc) is 2.54. The van der Waals surface area contributed by atoms with E-state index in [9.17, 15) is 0 Å². The van der Waals surface area contributed by atoms with Gasteiger partial charge >= 0.3 is 0 Å². The third-order valence-corrected chi connectivity index (χ3v) is 2.56. The molecule has 0 saturated carbocycles. The van der Waals surface area contributed by atoms with E-state index in [1.54, 1.807) is 0 Å². The number of rotatable bonds is 5. The summed E-state index contributed by atoms with van der Waals surface area (Å²) in [5.41, 5.74) is 1.31. The molecule has 0 fully saturated rings. The molecule has 1 aromatic heterocycles. The number of imidazole rings is 1. The molecule has 0 aliphatic rings. The molecule has 2 heteroatoms. The van der Waals surface area contributed by atoms with Gasteiger partial charge in [-0.05, 0) is 19.8 Å². The Hall–Kier alpha value is -0.790. The second-order valence-electron chi connectivity index (χ2n) is 3.67. The van der Waals surface area contributed by atoms with Gasteiger partial charge in [0.25, 0.3) is 0 Å². The molecule has 0 bridgehead atoms. The minimum Gasteiger partial charge on any atom is -0.346 e. The molecule has 13 heavy (non-hydrogen) atoms. The molecule has 0 amide bonds. The van der Waals surface area contributed by atoms with Crippen LogP contribution < -0.4 is 0 Å². The van der Waals surface area contributed by atoms with Crippen LogP contribution >= 0.6 is 0 Å². The molecule has 0 radical (unpaired) electrons. The fraction of sp³-hybridized carbons (Fsp3) is 0.727. The van der Waals surface area contributed by atoms with Crippen LogP contribution in [0, 0.1) is 6.92 Å². The Labute approximate surface area is 80.8 Å². The number of aryl methyl sites for hydroxylation is 1. The van der Waals surface area contributed by atoms with Gasteiger partial charge in [-0.25, -0.2) is 4.98 Å². The molecule has 0 spiro atoms. The number of aromatic nitrogens is 2. The summed E-state index contributed by atoms with van der Waals surface area (Å²) in [5.74, 6) is 1.71. The summed E-state index contributed by atoms with van der Waals surface area (Å²) in [4.78, 5) is 7.56. The van der Waals surface area contributed by atoms with Crippen LogP contribution in [0.5, 0.6) is 0 Å². The normalized spacial score (nSPS) is 13.2. The summed E-state index contributed by atoms with van der Waals surface area (Å²) >= 11 is 0. The van der Waals surface area contributed by atoms with Crippen LogP contribution in [0.1, 0.15) is 57.0 Å². The smallest absolute Gasteiger partial charge is 0.103 e. The van der Waals surface area contributed by atoms with Crippen molar-refractivity contribution in [2.75, 3.05) is 0 Å². The van der Waals surface area contributed by atoms with E-state index in [1.807, 2.05) is 13.1 Å². The van der Waals surface area contributed by atoms with Crippen molar-refractivity contribution in [3.63, 3.8) is 0 Å². The predicted octanol–water partition coefficient (Wildman–Crippen LogP) is 3.40. The second kappa shape index (κ2) is 5.05. The van der Waals surface area contributed by atoms with Crippen molar-refractivity contribution in [1.82, 2.24) is 9.97 Å². The maximum Gasteiger partial charge on any atom is 0.103 e. The molecule has 1 atom stereocenters. The van der Waals surface area contributed by atoms with Crippen LogP contribution in [0.25, 0.3) is 0 Å². The Morgan fingerprint density at radius 2 is 2.23 bits per heavy atom. The maximum atomic E-state index is 4.24. The number of hydrogen-bond acceptors (Lipinski definition) is 1. The van der Waals surface area contributed by atoms with Crippen LogP contribution in [-0.2, 0) is 0 Å². The molecule has 1 aromatic rings. The Bertz CT molecular complexity index is 240. The largest absolute Gasteiger partial charge is 0.346 e. The molecular formula is C11H20N2. The SMILES string of the molecule is CCCCC(CC)c1cnc(C)[nH]1. The zero-order valence-electron chi connectivity index (χ0n) is 8.93. The van der Waals surface area contributed by atoms with Gasteiger partial charge in [-0.2, -0.15) is 0 Å². The van der Waals surface area contributed by atoms with Crippen LogP contribution in [0.4, 0.5) is 0 Å². The topological polar surface area (TPSA) is 28.7 Å². The van der Waals surface area contributed by atoms with Gasteiger partial charge in [-0.3, -0.25) is 0 Å². The first-order valence-corrected chi connectivity index (χ1v) is 5.29. The zero-order valence-corrected chi connectivity index (χ0v) is 8.93. The van der Waals surface area contributed by atoms with Crippen LogP contribution in [0.15, 0.2) is 6.20 Å². The number of aromatic amines is 1. The molecule has 0 aliphatic heterocycles. The Kier molecular flexibility index (Phi) is 4.00. The van der Waals surface area contributed by atoms with Crippen molar-refractivity contribution in [2.24, 2.45) is 0 Å². The number of hydrogen-bond donors (Lipinski definition) is 1. The zero-order chi connectivity index (χ0) is 9.68. The highest BCUT2D eigenvalue weighted by atomic mass is 14.9. The van der Waals surface area contributed by atoms with E-state index in [4.69, 9.17) is 0 Å². The number of nitrogens with one attached hydrogen (secondary N) is 1. The van der Waals surface area contributed by atoms with Crippen molar-refractivity contribution >= 4 is 0 Å². The molecule has 2 nitrogen and oxygen atoms in total. The fourth-order valence-corrected chi connectivity index (χ4v) is 1.68.